The van der Waals surface area contributed by atoms with Crippen molar-refractivity contribution in [1.82, 2.24) is 5.32 Å². The highest BCUT2D eigenvalue weighted by atomic mass is 32.2. The molecular formula is C19H24N2O6S. The van der Waals surface area contributed by atoms with Crippen LogP contribution in [0.4, 0.5) is 5.69 Å². The van der Waals surface area contributed by atoms with Gasteiger partial charge in [0, 0.05) is 17.1 Å². The van der Waals surface area contributed by atoms with Crippen molar-refractivity contribution in [3.63, 3.8) is 0 Å². The first kappa shape index (κ1) is 21.7. The maximum absolute atomic E-state index is 12.3. The van der Waals surface area contributed by atoms with Gasteiger partial charge in [-0.3, -0.25) is 9.59 Å². The molecule has 1 aromatic rings. The van der Waals surface area contributed by atoms with Gasteiger partial charge in [0.1, 0.15) is 6.04 Å². The minimum absolute atomic E-state index is 0.116. The lowest BCUT2D eigenvalue weighted by Gasteiger charge is -2.21. The SMILES string of the molecule is CC[C@H](C)[C@H](NC(=O)COC(=O)c1ccc2c(c1)NC(=O)CCS2)C(=O)OC. The number of nitrogens with one attached hydrogen (secondary N) is 2. The minimum Gasteiger partial charge on any atom is -0.467 e. The van der Waals surface area contributed by atoms with Gasteiger partial charge in [-0.25, -0.2) is 9.59 Å². The number of anilines is 1. The Morgan fingerprint density at radius 3 is 2.75 bits per heavy atom. The Hall–Kier alpha value is -2.55. The van der Waals surface area contributed by atoms with E-state index in [0.717, 1.165) is 4.90 Å². The lowest BCUT2D eigenvalue weighted by molar-refractivity contribution is -0.147. The van der Waals surface area contributed by atoms with Crippen LogP contribution in [0.1, 0.15) is 37.0 Å². The number of rotatable bonds is 7. The van der Waals surface area contributed by atoms with Crippen molar-refractivity contribution in [3.05, 3.63) is 23.8 Å². The number of benzene rings is 1. The predicted octanol–water partition coefficient (Wildman–Crippen LogP) is 1.98. The molecule has 1 aromatic carbocycles. The molecule has 2 rings (SSSR count). The van der Waals surface area contributed by atoms with Gasteiger partial charge in [0.15, 0.2) is 6.61 Å². The van der Waals surface area contributed by atoms with E-state index in [1.165, 1.54) is 24.9 Å². The molecule has 0 radical (unpaired) electrons. The summed E-state index contributed by atoms with van der Waals surface area (Å²) in [5, 5.41) is 5.29. The van der Waals surface area contributed by atoms with Gasteiger partial charge < -0.3 is 20.1 Å². The Balaban J connectivity index is 1.97. The quantitative estimate of drug-likeness (QED) is 0.664. The van der Waals surface area contributed by atoms with Crippen LogP contribution in [0.15, 0.2) is 23.1 Å². The van der Waals surface area contributed by atoms with Crippen molar-refractivity contribution >= 4 is 41.2 Å². The Labute approximate surface area is 167 Å². The molecule has 0 saturated heterocycles. The van der Waals surface area contributed by atoms with Crippen LogP contribution in [-0.4, -0.2) is 49.3 Å². The maximum Gasteiger partial charge on any atom is 0.338 e. The fourth-order valence-electron chi connectivity index (χ4n) is 2.57. The first-order chi connectivity index (χ1) is 13.3. The van der Waals surface area contributed by atoms with E-state index in [1.807, 2.05) is 13.8 Å². The number of hydrogen-bond acceptors (Lipinski definition) is 7. The molecule has 2 amide bonds. The summed E-state index contributed by atoms with van der Waals surface area (Å²) < 4.78 is 9.75. The molecule has 2 N–H and O–H groups in total. The van der Waals surface area contributed by atoms with Gasteiger partial charge in [-0.1, -0.05) is 20.3 Å². The van der Waals surface area contributed by atoms with Crippen LogP contribution in [-0.2, 0) is 23.9 Å². The Bertz CT molecular complexity index is 767. The van der Waals surface area contributed by atoms with E-state index in [0.29, 0.717) is 24.3 Å². The van der Waals surface area contributed by atoms with E-state index in [2.05, 4.69) is 10.6 Å². The van der Waals surface area contributed by atoms with Gasteiger partial charge in [-0.2, -0.15) is 0 Å². The van der Waals surface area contributed by atoms with Crippen molar-refractivity contribution in [2.75, 3.05) is 24.8 Å². The van der Waals surface area contributed by atoms with Crippen molar-refractivity contribution < 1.29 is 28.7 Å². The number of fused-ring (bicyclic) bond motifs is 1. The fourth-order valence-corrected chi connectivity index (χ4v) is 3.51. The average Bonchev–Trinajstić information content (AvgIpc) is 2.88. The smallest absolute Gasteiger partial charge is 0.338 e. The molecule has 0 unspecified atom stereocenters. The highest BCUT2D eigenvalue weighted by Gasteiger charge is 2.27. The predicted molar refractivity (Wildman–Crippen MR) is 104 cm³/mol. The molecule has 9 heteroatoms. The van der Waals surface area contributed by atoms with E-state index in [1.54, 1.807) is 12.1 Å². The summed E-state index contributed by atoms with van der Waals surface area (Å²) in [5.74, 6) is -1.41. The third-order valence-corrected chi connectivity index (χ3v) is 5.47. The van der Waals surface area contributed by atoms with Crippen LogP contribution >= 0.6 is 11.8 Å². The lowest BCUT2D eigenvalue weighted by atomic mass is 9.99. The van der Waals surface area contributed by atoms with E-state index < -0.39 is 30.5 Å². The summed E-state index contributed by atoms with van der Waals surface area (Å²) in [6.07, 6.45) is 1.07. The number of methoxy groups -OCH3 is 1. The zero-order valence-corrected chi connectivity index (χ0v) is 16.9. The van der Waals surface area contributed by atoms with Gasteiger partial charge in [0.2, 0.25) is 5.91 Å². The normalized spacial score (nSPS) is 15.3. The third-order valence-electron chi connectivity index (χ3n) is 4.39. The molecule has 0 aromatic heterocycles. The summed E-state index contributed by atoms with van der Waals surface area (Å²) in [4.78, 5) is 48.7. The number of ether oxygens (including phenoxy) is 2. The van der Waals surface area contributed by atoms with Crippen LogP contribution in [0.3, 0.4) is 0 Å². The Morgan fingerprint density at radius 2 is 2.07 bits per heavy atom. The highest BCUT2D eigenvalue weighted by Crippen LogP contribution is 2.31. The minimum atomic E-state index is -0.805. The number of esters is 2. The number of hydrogen-bond donors (Lipinski definition) is 2. The molecule has 0 fully saturated rings. The lowest BCUT2D eigenvalue weighted by Crippen LogP contribution is -2.47. The van der Waals surface area contributed by atoms with Crippen molar-refractivity contribution in [1.29, 1.82) is 0 Å². The average molecular weight is 408 g/mol. The second-order valence-corrected chi connectivity index (χ2v) is 7.52. The largest absolute Gasteiger partial charge is 0.467 e. The van der Waals surface area contributed by atoms with Gasteiger partial charge in [-0.15, -0.1) is 11.8 Å². The zero-order chi connectivity index (χ0) is 20.7. The summed E-state index contributed by atoms with van der Waals surface area (Å²) >= 11 is 1.53. The maximum atomic E-state index is 12.3. The number of thioether (sulfide) groups is 1. The third kappa shape index (κ3) is 5.72. The number of amides is 2. The summed E-state index contributed by atoms with van der Waals surface area (Å²) in [5.41, 5.74) is 0.773. The Morgan fingerprint density at radius 1 is 1.32 bits per heavy atom. The van der Waals surface area contributed by atoms with E-state index in [4.69, 9.17) is 9.47 Å². The highest BCUT2D eigenvalue weighted by molar-refractivity contribution is 7.99. The molecule has 1 aliphatic rings. The summed E-state index contributed by atoms with van der Waals surface area (Å²) in [6.45, 7) is 3.18. The zero-order valence-electron chi connectivity index (χ0n) is 16.1. The molecule has 2 atom stereocenters. The van der Waals surface area contributed by atoms with Gasteiger partial charge in [0.05, 0.1) is 18.4 Å². The molecule has 152 valence electrons. The molecule has 1 aliphatic heterocycles. The summed E-state index contributed by atoms with van der Waals surface area (Å²) in [6, 6.07) is 4.04. The second kappa shape index (κ2) is 10.1. The monoisotopic (exact) mass is 408 g/mol. The second-order valence-electron chi connectivity index (χ2n) is 6.39. The van der Waals surface area contributed by atoms with Gasteiger partial charge in [-0.05, 0) is 24.1 Å². The van der Waals surface area contributed by atoms with Crippen LogP contribution in [0.5, 0.6) is 0 Å². The first-order valence-corrected chi connectivity index (χ1v) is 9.95. The van der Waals surface area contributed by atoms with Gasteiger partial charge >= 0.3 is 11.9 Å². The molecule has 0 spiro atoms. The van der Waals surface area contributed by atoms with Crippen LogP contribution in [0.25, 0.3) is 0 Å². The molecule has 28 heavy (non-hydrogen) atoms. The topological polar surface area (TPSA) is 111 Å². The Kier molecular flexibility index (Phi) is 7.86. The van der Waals surface area contributed by atoms with Crippen LogP contribution in [0.2, 0.25) is 0 Å². The van der Waals surface area contributed by atoms with Crippen molar-refractivity contribution in [3.8, 4) is 0 Å². The molecule has 0 saturated carbocycles. The van der Waals surface area contributed by atoms with E-state index in [9.17, 15) is 19.2 Å². The first-order valence-electron chi connectivity index (χ1n) is 8.96. The summed E-state index contributed by atoms with van der Waals surface area (Å²) in [7, 11) is 1.25. The molecule has 8 nitrogen and oxygen atoms in total. The standard InChI is InChI=1S/C19H24N2O6S/c1-4-11(2)17(19(25)26-3)21-16(23)10-27-18(24)12-5-6-14-13(9-12)20-15(22)7-8-28-14/h5-6,9,11,17H,4,7-8,10H2,1-3H3,(H,20,22)(H,21,23)/t11-,17-/m0/s1. The van der Waals surface area contributed by atoms with Crippen molar-refractivity contribution in [2.24, 2.45) is 5.92 Å². The van der Waals surface area contributed by atoms with Crippen LogP contribution in [0, 0.1) is 5.92 Å². The molecular weight excluding hydrogens is 384 g/mol. The van der Waals surface area contributed by atoms with Crippen molar-refractivity contribution in [2.45, 2.75) is 37.6 Å². The fraction of sp³-hybridized carbons (Fsp3) is 0.474. The molecule has 0 aliphatic carbocycles. The number of carbonyl (C=O) groups is 4. The molecule has 1 heterocycles. The number of carbonyl (C=O) groups excluding carboxylic acids is 4. The van der Waals surface area contributed by atoms with E-state index >= 15 is 0 Å². The van der Waals surface area contributed by atoms with Crippen LogP contribution < -0.4 is 10.6 Å². The van der Waals surface area contributed by atoms with Gasteiger partial charge in [0.25, 0.3) is 5.91 Å². The van der Waals surface area contributed by atoms with E-state index in [-0.39, 0.29) is 17.4 Å². The molecule has 0 bridgehead atoms.